The summed E-state index contributed by atoms with van der Waals surface area (Å²) in [6.07, 6.45) is 0. The van der Waals surface area contributed by atoms with Crippen LogP contribution in [0.1, 0.15) is 15.9 Å². The van der Waals surface area contributed by atoms with Crippen LogP contribution < -0.4 is 10.2 Å². The van der Waals surface area contributed by atoms with E-state index in [9.17, 15) is 14.4 Å². The van der Waals surface area contributed by atoms with Gasteiger partial charge < -0.3 is 14.8 Å². The SMILES string of the molecule is COCc1cccc(C(=O)OCC(=O)N2CC(=O)Nc3ccccc32)c1. The molecule has 0 spiro atoms. The summed E-state index contributed by atoms with van der Waals surface area (Å²) in [7, 11) is 1.57. The number of methoxy groups -OCH3 is 1. The van der Waals surface area contributed by atoms with E-state index in [1.54, 1.807) is 49.6 Å². The fourth-order valence-electron chi connectivity index (χ4n) is 2.70. The average Bonchev–Trinajstić information content (AvgIpc) is 2.65. The number of rotatable bonds is 5. The first kappa shape index (κ1) is 17.6. The van der Waals surface area contributed by atoms with Crippen molar-refractivity contribution in [2.45, 2.75) is 6.61 Å². The number of nitrogens with zero attached hydrogens (tertiary/aromatic N) is 1. The Morgan fingerprint density at radius 1 is 1.15 bits per heavy atom. The molecule has 134 valence electrons. The van der Waals surface area contributed by atoms with Gasteiger partial charge in [0.15, 0.2) is 6.61 Å². The van der Waals surface area contributed by atoms with Gasteiger partial charge in [0.05, 0.1) is 23.5 Å². The zero-order valence-electron chi connectivity index (χ0n) is 14.2. The molecule has 26 heavy (non-hydrogen) atoms. The van der Waals surface area contributed by atoms with Crippen LogP contribution in [0.2, 0.25) is 0 Å². The Balaban J connectivity index is 1.66. The van der Waals surface area contributed by atoms with Crippen molar-refractivity contribution < 1.29 is 23.9 Å². The normalized spacial score (nSPS) is 13.0. The lowest BCUT2D eigenvalue weighted by Gasteiger charge is -2.28. The molecule has 1 aliphatic heterocycles. The first-order valence-electron chi connectivity index (χ1n) is 8.02. The standard InChI is InChI=1S/C19H18N2O5/c1-25-11-13-5-4-6-14(9-13)19(24)26-12-18(23)21-10-17(22)20-15-7-2-3-8-16(15)21/h2-9H,10-12H2,1H3,(H,20,22). The third-order valence-corrected chi connectivity index (χ3v) is 3.87. The lowest BCUT2D eigenvalue weighted by molar-refractivity contribution is -0.124. The highest BCUT2D eigenvalue weighted by atomic mass is 16.5. The predicted molar refractivity (Wildman–Crippen MR) is 94.9 cm³/mol. The molecule has 0 fully saturated rings. The van der Waals surface area contributed by atoms with Crippen LogP contribution >= 0.6 is 0 Å². The van der Waals surface area contributed by atoms with Gasteiger partial charge in [-0.2, -0.15) is 0 Å². The topological polar surface area (TPSA) is 84.9 Å². The molecule has 7 heteroatoms. The van der Waals surface area contributed by atoms with Gasteiger partial charge in [-0.15, -0.1) is 0 Å². The second kappa shape index (κ2) is 7.79. The molecule has 3 rings (SSSR count). The van der Waals surface area contributed by atoms with Crippen LogP contribution in [0.4, 0.5) is 11.4 Å². The van der Waals surface area contributed by atoms with Gasteiger partial charge in [0.1, 0.15) is 6.54 Å². The van der Waals surface area contributed by atoms with Crippen LogP contribution in [0.25, 0.3) is 0 Å². The van der Waals surface area contributed by atoms with Crippen LogP contribution in [0.5, 0.6) is 0 Å². The summed E-state index contributed by atoms with van der Waals surface area (Å²) < 4.78 is 10.2. The highest BCUT2D eigenvalue weighted by Gasteiger charge is 2.27. The number of carbonyl (C=O) groups excluding carboxylic acids is 3. The van der Waals surface area contributed by atoms with E-state index in [0.717, 1.165) is 5.56 Å². The second-order valence-corrected chi connectivity index (χ2v) is 5.75. The molecule has 7 nitrogen and oxygen atoms in total. The molecule has 1 aliphatic rings. The summed E-state index contributed by atoms with van der Waals surface area (Å²) in [5.41, 5.74) is 2.30. The van der Waals surface area contributed by atoms with Crippen LogP contribution in [-0.2, 0) is 25.7 Å². The molecule has 0 saturated carbocycles. The Bertz CT molecular complexity index is 849. The van der Waals surface area contributed by atoms with Gasteiger partial charge in [0.25, 0.3) is 5.91 Å². The van der Waals surface area contributed by atoms with Gasteiger partial charge in [0.2, 0.25) is 5.91 Å². The van der Waals surface area contributed by atoms with Crippen molar-refractivity contribution in [1.82, 2.24) is 0 Å². The molecule has 2 aromatic carbocycles. The quantitative estimate of drug-likeness (QED) is 0.830. The molecule has 2 aromatic rings. The lowest BCUT2D eigenvalue weighted by Crippen LogP contribution is -2.44. The maximum atomic E-state index is 12.5. The van der Waals surface area contributed by atoms with Gasteiger partial charge >= 0.3 is 5.97 Å². The summed E-state index contributed by atoms with van der Waals surface area (Å²) in [6.45, 7) is -0.189. The molecular formula is C19H18N2O5. The molecule has 0 aliphatic carbocycles. The van der Waals surface area contributed by atoms with Crippen molar-refractivity contribution in [3.63, 3.8) is 0 Å². The molecule has 0 aromatic heterocycles. The number of fused-ring (bicyclic) bond motifs is 1. The molecular weight excluding hydrogens is 336 g/mol. The minimum absolute atomic E-state index is 0.114. The Labute approximate surface area is 150 Å². The molecule has 1 N–H and O–H groups in total. The van der Waals surface area contributed by atoms with Gasteiger partial charge in [0, 0.05) is 7.11 Å². The molecule has 0 bridgehead atoms. The number of hydrogen-bond donors (Lipinski definition) is 1. The van der Waals surface area contributed by atoms with Crippen LogP contribution in [0, 0.1) is 0 Å². The Kier molecular flexibility index (Phi) is 5.28. The molecule has 0 saturated heterocycles. The number of benzene rings is 2. The maximum Gasteiger partial charge on any atom is 0.338 e. The molecule has 0 atom stereocenters. The van der Waals surface area contributed by atoms with E-state index in [1.165, 1.54) is 4.90 Å². The van der Waals surface area contributed by atoms with Crippen molar-refractivity contribution in [3.8, 4) is 0 Å². The fraction of sp³-hybridized carbons (Fsp3) is 0.211. The number of ether oxygens (including phenoxy) is 2. The van der Waals surface area contributed by atoms with Crippen LogP contribution in [0.15, 0.2) is 48.5 Å². The first-order valence-corrected chi connectivity index (χ1v) is 8.02. The van der Waals surface area contributed by atoms with E-state index in [0.29, 0.717) is 23.5 Å². The van der Waals surface area contributed by atoms with E-state index in [4.69, 9.17) is 9.47 Å². The molecule has 1 heterocycles. The van der Waals surface area contributed by atoms with E-state index in [1.807, 2.05) is 6.07 Å². The molecule has 0 unspecified atom stereocenters. The molecule has 0 radical (unpaired) electrons. The summed E-state index contributed by atoms with van der Waals surface area (Å²) >= 11 is 0. The van der Waals surface area contributed by atoms with E-state index in [-0.39, 0.29) is 12.5 Å². The third-order valence-electron chi connectivity index (χ3n) is 3.87. The smallest absolute Gasteiger partial charge is 0.338 e. The summed E-state index contributed by atoms with van der Waals surface area (Å²) in [5, 5.41) is 2.70. The predicted octanol–water partition coefficient (Wildman–Crippen LogP) is 1.98. The first-order chi connectivity index (χ1) is 12.6. The second-order valence-electron chi connectivity index (χ2n) is 5.75. The lowest BCUT2D eigenvalue weighted by atomic mass is 10.1. The monoisotopic (exact) mass is 354 g/mol. The maximum absolute atomic E-state index is 12.5. The van der Waals surface area contributed by atoms with Crippen LogP contribution in [-0.4, -0.2) is 38.0 Å². The van der Waals surface area contributed by atoms with Gasteiger partial charge in [-0.05, 0) is 29.8 Å². The van der Waals surface area contributed by atoms with Crippen molar-refractivity contribution in [2.75, 3.05) is 30.5 Å². The summed E-state index contributed by atoms with van der Waals surface area (Å²) in [6, 6.07) is 13.8. The number of anilines is 2. The van der Waals surface area contributed by atoms with Gasteiger partial charge in [-0.1, -0.05) is 24.3 Å². The summed E-state index contributed by atoms with van der Waals surface area (Å²) in [5.74, 6) is -1.37. The number of nitrogens with one attached hydrogen (secondary N) is 1. The minimum Gasteiger partial charge on any atom is -0.452 e. The van der Waals surface area contributed by atoms with E-state index in [2.05, 4.69) is 5.32 Å². The minimum atomic E-state index is -0.606. The largest absolute Gasteiger partial charge is 0.452 e. The van der Waals surface area contributed by atoms with Crippen LogP contribution in [0.3, 0.4) is 0 Å². The zero-order chi connectivity index (χ0) is 18.5. The van der Waals surface area contributed by atoms with E-state index >= 15 is 0 Å². The van der Waals surface area contributed by atoms with Gasteiger partial charge in [-0.3, -0.25) is 14.5 Å². The van der Waals surface area contributed by atoms with Crippen molar-refractivity contribution in [2.24, 2.45) is 0 Å². The van der Waals surface area contributed by atoms with Crippen molar-refractivity contribution in [3.05, 3.63) is 59.7 Å². The van der Waals surface area contributed by atoms with Crippen molar-refractivity contribution in [1.29, 1.82) is 0 Å². The Hall–Kier alpha value is -3.19. The van der Waals surface area contributed by atoms with Gasteiger partial charge in [-0.25, -0.2) is 4.79 Å². The zero-order valence-corrected chi connectivity index (χ0v) is 14.2. The molecule has 2 amide bonds. The third kappa shape index (κ3) is 3.89. The number of esters is 1. The summed E-state index contributed by atoms with van der Waals surface area (Å²) in [4.78, 5) is 37.7. The number of amides is 2. The fourth-order valence-corrected chi connectivity index (χ4v) is 2.70. The number of hydrogen-bond acceptors (Lipinski definition) is 5. The highest BCUT2D eigenvalue weighted by molar-refractivity contribution is 6.10. The Morgan fingerprint density at radius 3 is 2.77 bits per heavy atom. The Morgan fingerprint density at radius 2 is 1.96 bits per heavy atom. The highest BCUT2D eigenvalue weighted by Crippen LogP contribution is 2.28. The number of carbonyl (C=O) groups is 3. The van der Waals surface area contributed by atoms with E-state index < -0.39 is 18.5 Å². The number of para-hydroxylation sites is 2. The van der Waals surface area contributed by atoms with Crippen molar-refractivity contribution >= 4 is 29.2 Å². The average molecular weight is 354 g/mol.